The van der Waals surface area contributed by atoms with Crippen LogP contribution in [0.4, 0.5) is 0 Å². The third-order valence-corrected chi connectivity index (χ3v) is 6.25. The predicted molar refractivity (Wildman–Crippen MR) is 76.0 cm³/mol. The van der Waals surface area contributed by atoms with Crippen molar-refractivity contribution in [1.29, 1.82) is 0 Å². The van der Waals surface area contributed by atoms with Gasteiger partial charge in [0.25, 0.3) is 0 Å². The van der Waals surface area contributed by atoms with E-state index in [2.05, 4.69) is 19.9 Å². The molecule has 0 aromatic heterocycles. The van der Waals surface area contributed by atoms with Gasteiger partial charge in [-0.2, -0.15) is 10.5 Å². The van der Waals surface area contributed by atoms with Crippen LogP contribution in [0.3, 0.4) is 0 Å². The maximum Gasteiger partial charge on any atom is 0.189 e. The fraction of sp³-hybridized carbons (Fsp3) is 0.333. The van der Waals surface area contributed by atoms with Gasteiger partial charge in [0, 0.05) is 22.1 Å². The Hall–Kier alpha value is -1.15. The molecule has 3 rings (SSSR count). The average Bonchev–Trinajstić information content (AvgIpc) is 3.00. The molecule has 1 aliphatic carbocycles. The van der Waals surface area contributed by atoms with Gasteiger partial charge in [0.05, 0.1) is 0 Å². The van der Waals surface area contributed by atoms with E-state index in [1.807, 2.05) is 25.1 Å². The SMILES string of the molecule is CC1=C(/C(C)=S2/CC2C)c2ccccc2C1=O. The van der Waals surface area contributed by atoms with Crippen molar-refractivity contribution in [2.45, 2.75) is 26.0 Å². The summed E-state index contributed by atoms with van der Waals surface area (Å²) in [5.74, 6) is 1.52. The zero-order chi connectivity index (χ0) is 12.2. The molecule has 0 amide bonds. The fourth-order valence-corrected chi connectivity index (χ4v) is 4.65. The highest BCUT2D eigenvalue weighted by Gasteiger charge is 2.32. The molecule has 0 saturated carbocycles. The minimum atomic E-state index is 0.216. The van der Waals surface area contributed by atoms with Crippen molar-refractivity contribution in [1.82, 2.24) is 0 Å². The van der Waals surface area contributed by atoms with Gasteiger partial charge in [0.15, 0.2) is 5.78 Å². The van der Waals surface area contributed by atoms with Crippen molar-refractivity contribution in [3.63, 3.8) is 0 Å². The van der Waals surface area contributed by atoms with Crippen LogP contribution in [0.2, 0.25) is 0 Å². The molecule has 2 aliphatic rings. The highest BCUT2D eigenvalue weighted by Crippen LogP contribution is 2.46. The number of benzene rings is 1. The summed E-state index contributed by atoms with van der Waals surface area (Å²) in [6, 6.07) is 8.00. The Morgan fingerprint density at radius 1 is 1.29 bits per heavy atom. The number of Topliss-reactive ketones (excluding diaryl/α,β-unsaturated/α-hetero) is 1. The molecule has 0 bridgehead atoms. The highest BCUT2D eigenvalue weighted by atomic mass is 32.2. The first-order chi connectivity index (χ1) is 8.11. The molecule has 0 spiro atoms. The molecule has 0 radical (unpaired) electrons. The van der Waals surface area contributed by atoms with Crippen LogP contribution in [-0.2, 0) is 0 Å². The molecule has 1 aliphatic heterocycles. The van der Waals surface area contributed by atoms with Crippen LogP contribution in [0.5, 0.6) is 0 Å². The maximum absolute atomic E-state index is 12.2. The smallest absolute Gasteiger partial charge is 0.189 e. The molecule has 1 aromatic carbocycles. The minimum absolute atomic E-state index is 0.216. The number of hydrogen-bond donors (Lipinski definition) is 0. The number of ketones is 1. The second-order valence-electron chi connectivity index (χ2n) is 4.84. The molecule has 2 unspecified atom stereocenters. The monoisotopic (exact) mass is 244 g/mol. The molecule has 88 valence electrons. The van der Waals surface area contributed by atoms with Crippen LogP contribution in [-0.4, -0.2) is 21.7 Å². The fourth-order valence-electron chi connectivity index (χ4n) is 2.64. The lowest BCUT2D eigenvalue weighted by molar-refractivity contribution is 0.103. The van der Waals surface area contributed by atoms with E-state index in [0.29, 0.717) is 10.5 Å². The Morgan fingerprint density at radius 2 is 1.88 bits per heavy atom. The first kappa shape index (κ1) is 11.0. The molecule has 1 nitrogen and oxygen atoms in total. The van der Waals surface area contributed by atoms with Gasteiger partial charge in [-0.3, -0.25) is 4.79 Å². The van der Waals surface area contributed by atoms with Gasteiger partial charge < -0.3 is 0 Å². The number of fused-ring (bicyclic) bond motifs is 1. The molecular weight excluding hydrogens is 228 g/mol. The number of carbonyl (C=O) groups is 1. The molecule has 1 heterocycles. The van der Waals surface area contributed by atoms with E-state index in [9.17, 15) is 4.79 Å². The molecular formula is C15H16OS. The molecule has 2 atom stereocenters. The van der Waals surface area contributed by atoms with Gasteiger partial charge in [-0.1, -0.05) is 31.2 Å². The summed E-state index contributed by atoms with van der Waals surface area (Å²) in [6.45, 7) is 6.48. The van der Waals surface area contributed by atoms with Crippen molar-refractivity contribution >= 4 is 26.7 Å². The van der Waals surface area contributed by atoms with Crippen LogP contribution < -0.4 is 0 Å². The van der Waals surface area contributed by atoms with Crippen LogP contribution in [0.15, 0.2) is 29.8 Å². The average molecular weight is 244 g/mol. The van der Waals surface area contributed by atoms with Crippen LogP contribution in [0.1, 0.15) is 36.7 Å². The topological polar surface area (TPSA) is 17.1 Å². The van der Waals surface area contributed by atoms with Crippen molar-refractivity contribution in [3.05, 3.63) is 41.0 Å². The van der Waals surface area contributed by atoms with Crippen molar-refractivity contribution in [2.75, 3.05) is 5.75 Å². The largest absolute Gasteiger partial charge is 0.289 e. The van der Waals surface area contributed by atoms with Crippen LogP contribution >= 0.6 is 10.5 Å². The van der Waals surface area contributed by atoms with Gasteiger partial charge in [-0.25, -0.2) is 0 Å². The lowest BCUT2D eigenvalue weighted by atomic mass is 10.0. The van der Waals surface area contributed by atoms with E-state index in [-0.39, 0.29) is 5.78 Å². The summed E-state index contributed by atoms with van der Waals surface area (Å²) in [4.78, 5) is 13.6. The van der Waals surface area contributed by atoms with Crippen LogP contribution in [0, 0.1) is 0 Å². The maximum atomic E-state index is 12.2. The van der Waals surface area contributed by atoms with Gasteiger partial charge in [-0.05, 0) is 29.8 Å². The normalized spacial score (nSPS) is 27.2. The number of hydrogen-bond acceptors (Lipinski definition) is 1. The quantitative estimate of drug-likeness (QED) is 0.545. The first-order valence-corrected chi connectivity index (χ1v) is 7.45. The van der Waals surface area contributed by atoms with Crippen molar-refractivity contribution < 1.29 is 4.79 Å². The summed E-state index contributed by atoms with van der Waals surface area (Å²) in [5.41, 5.74) is 4.21. The van der Waals surface area contributed by atoms with Crippen LogP contribution in [0.25, 0.3) is 5.57 Å². The molecule has 1 saturated heterocycles. The second-order valence-corrected chi connectivity index (χ2v) is 7.45. The van der Waals surface area contributed by atoms with Gasteiger partial charge in [0.1, 0.15) is 0 Å². The summed E-state index contributed by atoms with van der Waals surface area (Å²) in [7, 11) is 0.419. The summed E-state index contributed by atoms with van der Waals surface area (Å²) in [5, 5.41) is 0.818. The zero-order valence-corrected chi connectivity index (χ0v) is 11.2. The molecule has 17 heavy (non-hydrogen) atoms. The zero-order valence-electron chi connectivity index (χ0n) is 10.4. The summed E-state index contributed by atoms with van der Waals surface area (Å²) < 4.78 is 0. The third-order valence-electron chi connectivity index (χ3n) is 3.69. The van der Waals surface area contributed by atoms with E-state index in [1.165, 1.54) is 16.2 Å². The molecule has 1 fully saturated rings. The van der Waals surface area contributed by atoms with E-state index < -0.39 is 0 Å². The van der Waals surface area contributed by atoms with E-state index in [0.717, 1.165) is 21.9 Å². The molecule has 0 N–H and O–H groups in total. The number of carbonyl (C=O) groups excluding carboxylic acids is 1. The van der Waals surface area contributed by atoms with Gasteiger partial charge in [0.2, 0.25) is 0 Å². The standard InChI is InChI=1S/C15H16OS/c1-9-8-17(9)11(3)14-10(2)15(16)13-7-5-4-6-12(13)14/h4-7,9H,8H2,1-3H3. The highest BCUT2D eigenvalue weighted by molar-refractivity contribution is 8.23. The van der Waals surface area contributed by atoms with Gasteiger partial charge in [-0.15, -0.1) is 0 Å². The first-order valence-electron chi connectivity index (χ1n) is 6.00. The van der Waals surface area contributed by atoms with Crippen molar-refractivity contribution in [3.8, 4) is 0 Å². The Kier molecular flexibility index (Phi) is 2.37. The Balaban J connectivity index is 2.20. The predicted octanol–water partition coefficient (Wildman–Crippen LogP) is 3.52. The minimum Gasteiger partial charge on any atom is -0.289 e. The second kappa shape index (κ2) is 3.67. The number of allylic oxidation sites excluding steroid dienone is 2. The van der Waals surface area contributed by atoms with E-state index in [4.69, 9.17) is 0 Å². The Labute approximate surface area is 104 Å². The summed E-state index contributed by atoms with van der Waals surface area (Å²) >= 11 is 0. The third kappa shape index (κ3) is 1.54. The van der Waals surface area contributed by atoms with Gasteiger partial charge >= 0.3 is 0 Å². The Bertz CT molecular complexity index is 593. The number of rotatable bonds is 1. The summed E-state index contributed by atoms with van der Waals surface area (Å²) in [6.07, 6.45) is 0. The lowest BCUT2D eigenvalue weighted by Crippen LogP contribution is -1.95. The molecule has 1 aromatic rings. The lowest BCUT2D eigenvalue weighted by Gasteiger charge is -2.06. The molecule has 2 heteroatoms. The van der Waals surface area contributed by atoms with Crippen molar-refractivity contribution in [2.24, 2.45) is 0 Å². The van der Waals surface area contributed by atoms with E-state index in [1.54, 1.807) is 0 Å². The van der Waals surface area contributed by atoms with E-state index >= 15 is 0 Å². The Morgan fingerprint density at radius 3 is 2.47 bits per heavy atom.